The first-order chi connectivity index (χ1) is 6.13. The molecule has 1 aromatic carbocycles. The molecule has 0 fully saturated rings. The number of anilines is 1. The van der Waals surface area contributed by atoms with Gasteiger partial charge >= 0.3 is 0 Å². The van der Waals surface area contributed by atoms with Crippen molar-refractivity contribution >= 4 is 11.6 Å². The summed E-state index contributed by atoms with van der Waals surface area (Å²) >= 11 is 0. The first-order valence-electron chi connectivity index (χ1n) is 3.48. The summed E-state index contributed by atoms with van der Waals surface area (Å²) < 4.78 is 24.1. The molecule has 0 atom stereocenters. The predicted molar refractivity (Wildman–Crippen MR) is 42.7 cm³/mol. The number of carbonyl (C=O) groups is 1. The van der Waals surface area contributed by atoms with Crippen molar-refractivity contribution in [3.63, 3.8) is 0 Å². The standard InChI is InChI=1S/C8H7F2NO2/c9-4-8(13)11-6-2-1-5(10)3-7(6)12/h1-3,12H,4H2,(H,11,13). The van der Waals surface area contributed by atoms with Crippen molar-refractivity contribution in [3.8, 4) is 5.75 Å². The predicted octanol–water partition coefficient (Wildman–Crippen LogP) is 1.44. The van der Waals surface area contributed by atoms with Crippen LogP contribution in [0.1, 0.15) is 0 Å². The first-order valence-corrected chi connectivity index (χ1v) is 3.48. The molecule has 0 heterocycles. The van der Waals surface area contributed by atoms with E-state index in [4.69, 9.17) is 5.11 Å². The van der Waals surface area contributed by atoms with Gasteiger partial charge in [-0.1, -0.05) is 0 Å². The molecule has 0 aliphatic rings. The van der Waals surface area contributed by atoms with Crippen LogP contribution in [0.3, 0.4) is 0 Å². The Bertz CT molecular complexity index is 328. The molecule has 1 aromatic rings. The third kappa shape index (κ3) is 2.40. The number of nitrogens with one attached hydrogen (secondary N) is 1. The Morgan fingerprint density at radius 3 is 2.77 bits per heavy atom. The number of alkyl halides is 1. The Morgan fingerprint density at radius 1 is 1.54 bits per heavy atom. The molecule has 0 aliphatic heterocycles. The third-order valence-electron chi connectivity index (χ3n) is 1.36. The van der Waals surface area contributed by atoms with Crippen LogP contribution < -0.4 is 5.32 Å². The van der Waals surface area contributed by atoms with Crippen LogP contribution in [-0.2, 0) is 4.79 Å². The smallest absolute Gasteiger partial charge is 0.255 e. The van der Waals surface area contributed by atoms with Crippen molar-refractivity contribution in [1.82, 2.24) is 0 Å². The molecule has 0 saturated carbocycles. The number of aromatic hydroxyl groups is 1. The van der Waals surface area contributed by atoms with Crippen LogP contribution in [0.5, 0.6) is 5.75 Å². The zero-order valence-corrected chi connectivity index (χ0v) is 6.55. The maximum absolute atomic E-state index is 12.4. The zero-order valence-electron chi connectivity index (χ0n) is 6.55. The number of phenolic OH excluding ortho intramolecular Hbond substituents is 1. The Balaban J connectivity index is 2.83. The first kappa shape index (κ1) is 9.44. The number of rotatable bonds is 2. The molecule has 0 aromatic heterocycles. The number of hydrogen-bond acceptors (Lipinski definition) is 2. The highest BCUT2D eigenvalue weighted by Gasteiger charge is 2.05. The summed E-state index contributed by atoms with van der Waals surface area (Å²) in [6, 6.07) is 3.03. The van der Waals surface area contributed by atoms with Crippen LogP contribution in [0.2, 0.25) is 0 Å². The quantitative estimate of drug-likeness (QED) is 0.688. The third-order valence-corrected chi connectivity index (χ3v) is 1.36. The molecule has 2 N–H and O–H groups in total. The lowest BCUT2D eigenvalue weighted by molar-refractivity contribution is -0.117. The van der Waals surface area contributed by atoms with Crippen molar-refractivity contribution in [2.75, 3.05) is 12.0 Å². The number of benzene rings is 1. The molecular weight excluding hydrogens is 180 g/mol. The number of halogens is 2. The molecule has 0 radical (unpaired) electrons. The molecule has 13 heavy (non-hydrogen) atoms. The fourth-order valence-corrected chi connectivity index (χ4v) is 0.794. The zero-order chi connectivity index (χ0) is 9.84. The largest absolute Gasteiger partial charge is 0.506 e. The average Bonchev–Trinajstić information content (AvgIpc) is 2.09. The van der Waals surface area contributed by atoms with Gasteiger partial charge < -0.3 is 10.4 Å². The van der Waals surface area contributed by atoms with Gasteiger partial charge in [0.2, 0.25) is 0 Å². The van der Waals surface area contributed by atoms with E-state index in [1.54, 1.807) is 0 Å². The lowest BCUT2D eigenvalue weighted by Crippen LogP contribution is -2.13. The summed E-state index contributed by atoms with van der Waals surface area (Å²) in [5.41, 5.74) is -0.0101. The molecule has 0 saturated heterocycles. The van der Waals surface area contributed by atoms with E-state index in [-0.39, 0.29) is 5.69 Å². The van der Waals surface area contributed by atoms with Crippen LogP contribution >= 0.6 is 0 Å². The highest BCUT2D eigenvalue weighted by atomic mass is 19.1. The molecule has 1 amide bonds. The Morgan fingerprint density at radius 2 is 2.23 bits per heavy atom. The van der Waals surface area contributed by atoms with Gasteiger partial charge in [0.05, 0.1) is 5.69 Å². The van der Waals surface area contributed by atoms with Crippen molar-refractivity contribution < 1.29 is 18.7 Å². The van der Waals surface area contributed by atoms with Gasteiger partial charge in [0.25, 0.3) is 5.91 Å². The van der Waals surface area contributed by atoms with Gasteiger partial charge in [-0.25, -0.2) is 8.78 Å². The maximum atomic E-state index is 12.4. The van der Waals surface area contributed by atoms with E-state index < -0.39 is 24.1 Å². The normalized spacial score (nSPS) is 9.69. The van der Waals surface area contributed by atoms with E-state index >= 15 is 0 Å². The molecule has 70 valence electrons. The second kappa shape index (κ2) is 3.84. The summed E-state index contributed by atoms with van der Waals surface area (Å²) in [5.74, 6) is -1.94. The van der Waals surface area contributed by atoms with E-state index in [2.05, 4.69) is 5.32 Å². The summed E-state index contributed by atoms with van der Waals surface area (Å²) in [6.07, 6.45) is 0. The minimum Gasteiger partial charge on any atom is -0.506 e. The molecule has 5 heteroatoms. The fraction of sp³-hybridized carbons (Fsp3) is 0.125. The van der Waals surface area contributed by atoms with E-state index in [9.17, 15) is 13.6 Å². The Kier molecular flexibility index (Phi) is 2.79. The minimum absolute atomic E-state index is 0.0101. The van der Waals surface area contributed by atoms with Crippen LogP contribution in [0.4, 0.5) is 14.5 Å². The van der Waals surface area contributed by atoms with Crippen LogP contribution in [0, 0.1) is 5.82 Å². The van der Waals surface area contributed by atoms with Crippen molar-refractivity contribution in [3.05, 3.63) is 24.0 Å². The molecular formula is C8H7F2NO2. The maximum Gasteiger partial charge on any atom is 0.255 e. The molecule has 0 unspecified atom stereocenters. The van der Waals surface area contributed by atoms with Crippen LogP contribution in [-0.4, -0.2) is 17.7 Å². The summed E-state index contributed by atoms with van der Waals surface area (Å²) in [7, 11) is 0. The average molecular weight is 187 g/mol. The summed E-state index contributed by atoms with van der Waals surface area (Å²) in [4.78, 5) is 10.5. The van der Waals surface area contributed by atoms with E-state index in [1.807, 2.05) is 0 Å². The number of hydrogen-bond donors (Lipinski definition) is 2. The van der Waals surface area contributed by atoms with Gasteiger partial charge in [-0.3, -0.25) is 4.79 Å². The Hall–Kier alpha value is -1.65. The molecule has 0 aliphatic carbocycles. The summed E-state index contributed by atoms with van der Waals surface area (Å²) in [6.45, 7) is -1.18. The Labute approximate surface area is 73.0 Å². The van der Waals surface area contributed by atoms with Gasteiger partial charge in [0.15, 0.2) is 6.67 Å². The highest BCUT2D eigenvalue weighted by molar-refractivity contribution is 5.92. The van der Waals surface area contributed by atoms with E-state index in [1.165, 1.54) is 0 Å². The minimum atomic E-state index is -1.18. The lowest BCUT2D eigenvalue weighted by atomic mass is 10.3. The number of phenols is 1. The van der Waals surface area contributed by atoms with Crippen LogP contribution in [0.25, 0.3) is 0 Å². The van der Waals surface area contributed by atoms with Gasteiger partial charge in [-0.05, 0) is 12.1 Å². The monoisotopic (exact) mass is 187 g/mol. The molecule has 1 rings (SSSR count). The SMILES string of the molecule is O=C(CF)Nc1ccc(F)cc1O. The summed E-state index contributed by atoms with van der Waals surface area (Å²) in [5, 5.41) is 11.1. The van der Waals surface area contributed by atoms with Crippen LogP contribution in [0.15, 0.2) is 18.2 Å². The topological polar surface area (TPSA) is 49.3 Å². The lowest BCUT2D eigenvalue weighted by Gasteiger charge is -2.04. The number of carbonyl (C=O) groups excluding carboxylic acids is 1. The molecule has 0 bridgehead atoms. The van der Waals surface area contributed by atoms with Crippen molar-refractivity contribution in [2.24, 2.45) is 0 Å². The second-order valence-corrected chi connectivity index (χ2v) is 2.34. The van der Waals surface area contributed by atoms with Gasteiger partial charge in [-0.2, -0.15) is 0 Å². The second-order valence-electron chi connectivity index (χ2n) is 2.34. The molecule has 3 nitrogen and oxygen atoms in total. The van der Waals surface area contributed by atoms with E-state index in [0.717, 1.165) is 18.2 Å². The fourth-order valence-electron chi connectivity index (χ4n) is 0.794. The van der Waals surface area contributed by atoms with Gasteiger partial charge in [0, 0.05) is 6.07 Å². The van der Waals surface area contributed by atoms with E-state index in [0.29, 0.717) is 0 Å². The van der Waals surface area contributed by atoms with Gasteiger partial charge in [-0.15, -0.1) is 0 Å². The number of amides is 1. The van der Waals surface area contributed by atoms with Gasteiger partial charge in [0.1, 0.15) is 11.6 Å². The van der Waals surface area contributed by atoms with Crippen molar-refractivity contribution in [2.45, 2.75) is 0 Å². The van der Waals surface area contributed by atoms with Crippen molar-refractivity contribution in [1.29, 1.82) is 0 Å². The molecule has 0 spiro atoms. The highest BCUT2D eigenvalue weighted by Crippen LogP contribution is 2.23.